The molecule has 0 saturated heterocycles. The van der Waals surface area contributed by atoms with Crippen molar-refractivity contribution in [3.05, 3.63) is 33.1 Å². The zero-order valence-electron chi connectivity index (χ0n) is 7.84. The summed E-state index contributed by atoms with van der Waals surface area (Å²) in [5.41, 5.74) is 0.618. The molecular weight excluding hydrogens is 218 g/mol. The topological polar surface area (TPSA) is 73.3 Å². The van der Waals surface area contributed by atoms with E-state index in [1.54, 1.807) is 6.92 Å². The minimum atomic E-state index is -0.427. The Balaban J connectivity index is 3.05. The van der Waals surface area contributed by atoms with E-state index in [1.807, 2.05) is 0 Å². The quantitative estimate of drug-likeness (QED) is 0.600. The van der Waals surface area contributed by atoms with Crippen LogP contribution in [0, 0.1) is 6.92 Å². The molecule has 0 saturated carbocycles. The second kappa shape index (κ2) is 3.17. The van der Waals surface area contributed by atoms with Gasteiger partial charge in [-0.05, 0) is 13.0 Å². The molecule has 1 aromatic carbocycles. The summed E-state index contributed by atoms with van der Waals surface area (Å²) in [6.07, 6.45) is 1.51. The Morgan fingerprint density at radius 1 is 1.40 bits per heavy atom. The Hall–Kier alpha value is -1.68. The minimum absolute atomic E-state index is 0.0536. The van der Waals surface area contributed by atoms with Crippen LogP contribution in [0.1, 0.15) is 5.56 Å². The molecule has 0 fully saturated rings. The maximum absolute atomic E-state index is 11.7. The summed E-state index contributed by atoms with van der Waals surface area (Å²) in [4.78, 5) is 14.5. The van der Waals surface area contributed by atoms with Gasteiger partial charge in [-0.15, -0.1) is 0 Å². The minimum Gasteiger partial charge on any atom is -0.504 e. The zero-order valence-corrected chi connectivity index (χ0v) is 8.59. The first-order valence-electron chi connectivity index (χ1n) is 4.25. The predicted octanol–water partition coefficient (Wildman–Crippen LogP) is 1.90. The van der Waals surface area contributed by atoms with Crippen molar-refractivity contribution >= 4 is 22.5 Å². The number of halogens is 1. The highest BCUT2D eigenvalue weighted by molar-refractivity contribution is 6.36. The van der Waals surface area contributed by atoms with Gasteiger partial charge in [-0.25, -0.2) is 0 Å². The monoisotopic (exact) mass is 225 g/mol. The molecule has 5 heteroatoms. The van der Waals surface area contributed by atoms with Gasteiger partial charge in [-0.1, -0.05) is 11.6 Å². The van der Waals surface area contributed by atoms with Gasteiger partial charge in [0.05, 0.1) is 10.9 Å². The third kappa shape index (κ3) is 1.34. The van der Waals surface area contributed by atoms with Crippen molar-refractivity contribution in [2.45, 2.75) is 6.92 Å². The first kappa shape index (κ1) is 9.86. The van der Waals surface area contributed by atoms with Crippen LogP contribution in [-0.2, 0) is 0 Å². The molecule has 0 amide bonds. The van der Waals surface area contributed by atoms with Crippen LogP contribution in [0.2, 0.25) is 5.02 Å². The Morgan fingerprint density at radius 2 is 2.07 bits per heavy atom. The molecule has 0 spiro atoms. The van der Waals surface area contributed by atoms with Crippen molar-refractivity contribution in [1.82, 2.24) is 4.98 Å². The Bertz CT molecular complexity index is 604. The number of aromatic nitrogens is 1. The van der Waals surface area contributed by atoms with Crippen molar-refractivity contribution in [1.29, 1.82) is 0 Å². The van der Waals surface area contributed by atoms with Crippen LogP contribution in [0.4, 0.5) is 0 Å². The van der Waals surface area contributed by atoms with Crippen molar-refractivity contribution in [3.8, 4) is 11.5 Å². The van der Waals surface area contributed by atoms with E-state index in [1.165, 1.54) is 12.3 Å². The number of benzene rings is 1. The summed E-state index contributed by atoms with van der Waals surface area (Å²) in [7, 11) is 0. The van der Waals surface area contributed by atoms with Crippen molar-refractivity contribution in [3.63, 3.8) is 0 Å². The molecule has 0 aliphatic carbocycles. The molecule has 0 aliphatic heterocycles. The molecule has 0 aliphatic rings. The van der Waals surface area contributed by atoms with E-state index in [4.69, 9.17) is 11.6 Å². The number of hydrogen-bond acceptors (Lipinski definition) is 3. The maximum Gasteiger partial charge on any atom is 0.192 e. The molecule has 15 heavy (non-hydrogen) atoms. The number of nitrogens with one attached hydrogen (secondary N) is 1. The number of pyridine rings is 1. The van der Waals surface area contributed by atoms with Crippen LogP contribution in [0.15, 0.2) is 17.1 Å². The van der Waals surface area contributed by atoms with Crippen LogP contribution < -0.4 is 5.43 Å². The molecule has 0 unspecified atom stereocenters. The molecule has 3 N–H and O–H groups in total. The molecule has 1 aromatic heterocycles. The van der Waals surface area contributed by atoms with Crippen LogP contribution in [-0.4, -0.2) is 15.2 Å². The van der Waals surface area contributed by atoms with Gasteiger partial charge in [0.15, 0.2) is 16.9 Å². The van der Waals surface area contributed by atoms with Crippen LogP contribution in [0.25, 0.3) is 10.9 Å². The van der Waals surface area contributed by atoms with Gasteiger partial charge in [-0.3, -0.25) is 4.79 Å². The number of aryl methyl sites for hydroxylation is 1. The smallest absolute Gasteiger partial charge is 0.192 e. The van der Waals surface area contributed by atoms with Crippen LogP contribution in [0.3, 0.4) is 0 Å². The summed E-state index contributed by atoms with van der Waals surface area (Å²) in [6.45, 7) is 1.65. The fraction of sp³-hybridized carbons (Fsp3) is 0.100. The fourth-order valence-electron chi connectivity index (χ4n) is 1.40. The van der Waals surface area contributed by atoms with Gasteiger partial charge < -0.3 is 15.2 Å². The lowest BCUT2D eigenvalue weighted by atomic mass is 10.1. The summed E-state index contributed by atoms with van der Waals surface area (Å²) < 4.78 is 0. The normalized spacial score (nSPS) is 10.8. The third-order valence-electron chi connectivity index (χ3n) is 2.26. The van der Waals surface area contributed by atoms with Crippen molar-refractivity contribution in [2.75, 3.05) is 0 Å². The van der Waals surface area contributed by atoms with Crippen molar-refractivity contribution < 1.29 is 10.2 Å². The first-order chi connectivity index (χ1) is 7.02. The number of aromatic hydroxyl groups is 2. The number of rotatable bonds is 0. The summed E-state index contributed by atoms with van der Waals surface area (Å²) in [5.74, 6) is -0.827. The van der Waals surface area contributed by atoms with E-state index in [9.17, 15) is 15.0 Å². The van der Waals surface area contributed by atoms with Gasteiger partial charge in [0.1, 0.15) is 5.02 Å². The SMILES string of the molecule is Cc1c[nH]c2c(Cl)c(O)c(O)cc2c1=O. The van der Waals surface area contributed by atoms with Gasteiger partial charge in [0.25, 0.3) is 0 Å². The lowest BCUT2D eigenvalue weighted by molar-refractivity contribution is 0.405. The highest BCUT2D eigenvalue weighted by Crippen LogP contribution is 2.37. The fourth-order valence-corrected chi connectivity index (χ4v) is 1.66. The number of H-pyrrole nitrogens is 1. The van der Waals surface area contributed by atoms with Crippen molar-refractivity contribution in [2.24, 2.45) is 0 Å². The van der Waals surface area contributed by atoms with E-state index in [-0.39, 0.29) is 15.8 Å². The number of phenolic OH excluding ortho intramolecular Hbond substituents is 2. The number of phenols is 2. The Labute approximate surface area is 89.8 Å². The molecule has 0 bridgehead atoms. The number of aromatic amines is 1. The molecular formula is C10H8ClNO3. The standard InChI is InChI=1S/C10H8ClNO3/c1-4-3-12-8-5(9(4)14)2-6(13)10(15)7(8)11/h2-3,13,15H,1H3,(H,12,14). The second-order valence-electron chi connectivity index (χ2n) is 3.28. The van der Waals surface area contributed by atoms with Gasteiger partial charge in [0, 0.05) is 11.8 Å². The van der Waals surface area contributed by atoms with Gasteiger partial charge in [-0.2, -0.15) is 0 Å². The van der Waals surface area contributed by atoms with Crippen LogP contribution in [0.5, 0.6) is 11.5 Å². The van der Waals surface area contributed by atoms with E-state index in [2.05, 4.69) is 4.98 Å². The maximum atomic E-state index is 11.7. The second-order valence-corrected chi connectivity index (χ2v) is 3.66. The highest BCUT2D eigenvalue weighted by Gasteiger charge is 2.13. The number of fused-ring (bicyclic) bond motifs is 1. The zero-order chi connectivity index (χ0) is 11.2. The predicted molar refractivity (Wildman–Crippen MR) is 57.6 cm³/mol. The van der Waals surface area contributed by atoms with Gasteiger partial charge >= 0.3 is 0 Å². The molecule has 0 atom stereocenters. The Morgan fingerprint density at radius 3 is 2.73 bits per heavy atom. The molecule has 1 heterocycles. The summed E-state index contributed by atoms with van der Waals surface area (Å²) >= 11 is 5.78. The molecule has 4 nitrogen and oxygen atoms in total. The molecule has 2 rings (SSSR count). The lowest BCUT2D eigenvalue weighted by Crippen LogP contribution is -2.06. The van der Waals surface area contributed by atoms with E-state index < -0.39 is 11.5 Å². The summed E-state index contributed by atoms with van der Waals surface area (Å²) in [5, 5.41) is 18.9. The average molecular weight is 226 g/mol. The molecule has 78 valence electrons. The molecule has 2 aromatic rings. The van der Waals surface area contributed by atoms with E-state index in [0.29, 0.717) is 11.1 Å². The number of hydrogen-bond donors (Lipinski definition) is 3. The largest absolute Gasteiger partial charge is 0.504 e. The van der Waals surface area contributed by atoms with Crippen LogP contribution >= 0.6 is 11.6 Å². The first-order valence-corrected chi connectivity index (χ1v) is 4.62. The third-order valence-corrected chi connectivity index (χ3v) is 2.62. The Kier molecular flexibility index (Phi) is 2.08. The highest BCUT2D eigenvalue weighted by atomic mass is 35.5. The summed E-state index contributed by atoms with van der Waals surface area (Å²) in [6, 6.07) is 1.20. The average Bonchev–Trinajstić information content (AvgIpc) is 2.21. The lowest BCUT2D eigenvalue weighted by Gasteiger charge is -2.05. The van der Waals surface area contributed by atoms with E-state index >= 15 is 0 Å². The van der Waals surface area contributed by atoms with E-state index in [0.717, 1.165) is 0 Å². The molecule has 0 radical (unpaired) electrons. The van der Waals surface area contributed by atoms with Gasteiger partial charge in [0.2, 0.25) is 0 Å².